The predicted octanol–water partition coefficient (Wildman–Crippen LogP) is 4.56. The van der Waals surface area contributed by atoms with Gasteiger partial charge in [0.05, 0.1) is 0 Å². The average molecular weight is 287 g/mol. The van der Waals surface area contributed by atoms with Gasteiger partial charge in [0, 0.05) is 13.0 Å². The van der Waals surface area contributed by atoms with Crippen LogP contribution in [0.15, 0.2) is 0 Å². The first-order chi connectivity index (χ1) is 9.68. The number of rotatable bonds is 13. The maximum Gasteiger partial charge on any atom is 0.217 e. The van der Waals surface area contributed by atoms with Gasteiger partial charge in [-0.3, -0.25) is 4.79 Å². The SMILES string of the molecule is CCCCCCCCCCCCCCC(N)=O.CCO. The maximum atomic E-state index is 10.5. The molecule has 1 amide bonds. The summed E-state index contributed by atoms with van der Waals surface area (Å²) in [5, 5.41) is 7.57. The summed E-state index contributed by atoms with van der Waals surface area (Å²) in [5.41, 5.74) is 5.08. The van der Waals surface area contributed by atoms with E-state index in [1.807, 2.05) is 0 Å². The quantitative estimate of drug-likeness (QED) is 0.488. The van der Waals surface area contributed by atoms with Gasteiger partial charge in [0.2, 0.25) is 5.91 Å². The second kappa shape index (κ2) is 20.7. The minimum atomic E-state index is -0.155. The van der Waals surface area contributed by atoms with Crippen molar-refractivity contribution in [2.24, 2.45) is 5.73 Å². The summed E-state index contributed by atoms with van der Waals surface area (Å²) < 4.78 is 0. The van der Waals surface area contributed by atoms with Gasteiger partial charge in [0.1, 0.15) is 0 Å². The van der Waals surface area contributed by atoms with Crippen molar-refractivity contribution in [3.63, 3.8) is 0 Å². The Balaban J connectivity index is 0. The Bertz CT molecular complexity index is 184. The van der Waals surface area contributed by atoms with Gasteiger partial charge in [-0.2, -0.15) is 0 Å². The van der Waals surface area contributed by atoms with Crippen LogP contribution in [-0.4, -0.2) is 17.6 Å². The molecule has 0 heterocycles. The molecule has 0 aliphatic heterocycles. The van der Waals surface area contributed by atoms with E-state index >= 15 is 0 Å². The highest BCUT2D eigenvalue weighted by Crippen LogP contribution is 2.12. The fourth-order valence-electron chi connectivity index (χ4n) is 2.14. The van der Waals surface area contributed by atoms with Gasteiger partial charge in [0.25, 0.3) is 0 Å². The molecule has 0 bridgehead atoms. The Hall–Kier alpha value is -0.570. The third-order valence-electron chi connectivity index (χ3n) is 3.28. The number of carbonyl (C=O) groups excluding carboxylic acids is 1. The van der Waals surface area contributed by atoms with Crippen molar-refractivity contribution in [2.45, 2.75) is 97.3 Å². The lowest BCUT2D eigenvalue weighted by atomic mass is 10.0. The number of hydrogen-bond donors (Lipinski definition) is 2. The molecule has 0 saturated heterocycles. The van der Waals surface area contributed by atoms with Gasteiger partial charge >= 0.3 is 0 Å². The summed E-state index contributed by atoms with van der Waals surface area (Å²) in [7, 11) is 0. The second-order valence-electron chi connectivity index (χ2n) is 5.42. The Morgan fingerprint density at radius 2 is 1.05 bits per heavy atom. The van der Waals surface area contributed by atoms with Gasteiger partial charge in [-0.25, -0.2) is 0 Å². The molecular weight excluding hydrogens is 250 g/mol. The number of nitrogens with two attached hydrogens (primary N) is 1. The zero-order valence-corrected chi connectivity index (χ0v) is 13.8. The average Bonchev–Trinajstić information content (AvgIpc) is 2.40. The van der Waals surface area contributed by atoms with E-state index in [4.69, 9.17) is 10.8 Å². The van der Waals surface area contributed by atoms with E-state index in [1.54, 1.807) is 6.92 Å². The summed E-state index contributed by atoms with van der Waals surface area (Å²) in [6.45, 7) is 4.19. The van der Waals surface area contributed by atoms with Crippen LogP contribution in [0.4, 0.5) is 0 Å². The second-order valence-corrected chi connectivity index (χ2v) is 5.42. The number of amides is 1. The van der Waals surface area contributed by atoms with Gasteiger partial charge in [-0.05, 0) is 13.3 Å². The first-order valence-corrected chi connectivity index (χ1v) is 8.58. The number of hydrogen-bond acceptors (Lipinski definition) is 2. The molecule has 0 spiro atoms. The molecule has 0 aliphatic rings. The first kappa shape index (κ1) is 21.7. The molecule has 0 aromatic carbocycles. The molecule has 0 radical (unpaired) electrons. The summed E-state index contributed by atoms with van der Waals surface area (Å²) in [5.74, 6) is -0.155. The van der Waals surface area contributed by atoms with Crippen molar-refractivity contribution in [1.29, 1.82) is 0 Å². The van der Waals surface area contributed by atoms with E-state index in [0.29, 0.717) is 6.42 Å². The van der Waals surface area contributed by atoms with Gasteiger partial charge in [-0.1, -0.05) is 77.6 Å². The van der Waals surface area contributed by atoms with Crippen LogP contribution in [0.25, 0.3) is 0 Å². The highest BCUT2D eigenvalue weighted by atomic mass is 16.2. The number of primary amides is 1. The van der Waals surface area contributed by atoms with E-state index < -0.39 is 0 Å². The van der Waals surface area contributed by atoms with E-state index in [0.717, 1.165) is 6.42 Å². The van der Waals surface area contributed by atoms with Crippen LogP contribution in [-0.2, 0) is 4.79 Å². The lowest BCUT2D eigenvalue weighted by Crippen LogP contribution is -2.09. The monoisotopic (exact) mass is 287 g/mol. The van der Waals surface area contributed by atoms with E-state index in [1.165, 1.54) is 70.6 Å². The fourth-order valence-corrected chi connectivity index (χ4v) is 2.14. The van der Waals surface area contributed by atoms with Crippen molar-refractivity contribution < 1.29 is 9.90 Å². The van der Waals surface area contributed by atoms with Crippen LogP contribution in [0, 0.1) is 0 Å². The molecule has 122 valence electrons. The van der Waals surface area contributed by atoms with Crippen LogP contribution in [0.2, 0.25) is 0 Å². The molecule has 3 nitrogen and oxygen atoms in total. The van der Waals surface area contributed by atoms with Crippen molar-refractivity contribution in [3.05, 3.63) is 0 Å². The van der Waals surface area contributed by atoms with Gasteiger partial charge < -0.3 is 10.8 Å². The largest absolute Gasteiger partial charge is 0.397 e. The Morgan fingerprint density at radius 1 is 0.750 bits per heavy atom. The number of aliphatic hydroxyl groups is 1. The fraction of sp³-hybridized carbons (Fsp3) is 0.941. The van der Waals surface area contributed by atoms with E-state index in [-0.39, 0.29) is 12.5 Å². The van der Waals surface area contributed by atoms with Crippen molar-refractivity contribution in [2.75, 3.05) is 6.61 Å². The van der Waals surface area contributed by atoms with Crippen LogP contribution >= 0.6 is 0 Å². The molecule has 0 aliphatic carbocycles. The number of aliphatic hydroxyl groups excluding tert-OH is 1. The molecule has 3 N–H and O–H groups in total. The highest BCUT2D eigenvalue weighted by Gasteiger charge is 1.95. The topological polar surface area (TPSA) is 63.3 Å². The normalized spacial score (nSPS) is 9.95. The van der Waals surface area contributed by atoms with Gasteiger partial charge in [0.15, 0.2) is 0 Å². The molecule has 0 saturated carbocycles. The number of unbranched alkanes of at least 4 members (excludes halogenated alkanes) is 11. The molecule has 0 aromatic heterocycles. The first-order valence-electron chi connectivity index (χ1n) is 8.58. The number of carbonyl (C=O) groups is 1. The maximum absolute atomic E-state index is 10.5. The molecule has 20 heavy (non-hydrogen) atoms. The lowest BCUT2D eigenvalue weighted by Gasteiger charge is -2.02. The zero-order chi connectivity index (χ0) is 15.5. The van der Waals surface area contributed by atoms with Crippen LogP contribution in [0.5, 0.6) is 0 Å². The van der Waals surface area contributed by atoms with Crippen LogP contribution in [0.3, 0.4) is 0 Å². The van der Waals surface area contributed by atoms with Crippen molar-refractivity contribution in [1.82, 2.24) is 0 Å². The van der Waals surface area contributed by atoms with E-state index in [9.17, 15) is 4.79 Å². The van der Waals surface area contributed by atoms with Crippen LogP contribution in [0.1, 0.15) is 97.3 Å². The Morgan fingerprint density at radius 3 is 1.35 bits per heavy atom. The Labute approximate surface area is 126 Å². The van der Waals surface area contributed by atoms with E-state index in [2.05, 4.69) is 6.92 Å². The predicted molar refractivity (Wildman–Crippen MR) is 87.6 cm³/mol. The van der Waals surface area contributed by atoms with Crippen LogP contribution < -0.4 is 5.73 Å². The van der Waals surface area contributed by atoms with Crippen molar-refractivity contribution >= 4 is 5.91 Å². The summed E-state index contributed by atoms with van der Waals surface area (Å²) >= 11 is 0. The molecule has 3 heteroatoms. The van der Waals surface area contributed by atoms with Crippen molar-refractivity contribution in [3.8, 4) is 0 Å². The zero-order valence-electron chi connectivity index (χ0n) is 13.8. The molecule has 0 atom stereocenters. The lowest BCUT2D eigenvalue weighted by molar-refractivity contribution is -0.118. The molecular formula is C17H37NO2. The summed E-state index contributed by atoms with van der Waals surface area (Å²) in [6.07, 6.45) is 16.5. The minimum absolute atomic E-state index is 0.155. The molecule has 0 fully saturated rings. The minimum Gasteiger partial charge on any atom is -0.397 e. The molecule has 0 unspecified atom stereocenters. The summed E-state index contributed by atoms with van der Waals surface area (Å²) in [6, 6.07) is 0. The Kier molecular flexibility index (Phi) is 22.5. The smallest absolute Gasteiger partial charge is 0.217 e. The van der Waals surface area contributed by atoms with Gasteiger partial charge in [-0.15, -0.1) is 0 Å². The molecule has 0 rings (SSSR count). The third-order valence-corrected chi connectivity index (χ3v) is 3.28. The highest BCUT2D eigenvalue weighted by molar-refractivity contribution is 5.73. The molecule has 0 aromatic rings. The third kappa shape index (κ3) is 26.1. The standard InChI is InChI=1S/C15H31NO.C2H6O/c1-2-3-4-5-6-7-8-9-10-11-12-13-14-15(16)17;1-2-3/h2-14H2,1H3,(H2,16,17);3H,2H2,1H3. The summed E-state index contributed by atoms with van der Waals surface area (Å²) in [4.78, 5) is 10.5.